The van der Waals surface area contributed by atoms with Gasteiger partial charge in [0.2, 0.25) is 0 Å². The molecule has 0 unspecified atom stereocenters. The SMILES string of the molecule is COc1cc([N+](C)(C)C)ccc1C1c2ccc(N(C)C)cc2Oc2cc(N(C)C)ccc21. The highest BCUT2D eigenvalue weighted by Crippen LogP contribution is 2.51. The van der Waals surface area contributed by atoms with Crippen molar-refractivity contribution in [2.45, 2.75) is 5.92 Å². The summed E-state index contributed by atoms with van der Waals surface area (Å²) in [5.41, 5.74) is 6.87. The topological polar surface area (TPSA) is 24.9 Å². The largest absolute Gasteiger partial charge is 0.496 e. The number of anilines is 2. The molecule has 168 valence electrons. The molecular formula is C27H34N3O2+. The Labute approximate surface area is 192 Å². The van der Waals surface area contributed by atoms with E-state index < -0.39 is 0 Å². The molecule has 0 saturated heterocycles. The quantitative estimate of drug-likeness (QED) is 0.399. The first kappa shape index (κ1) is 22.0. The molecule has 0 radical (unpaired) electrons. The molecule has 5 heteroatoms. The Hall–Kier alpha value is -3.18. The van der Waals surface area contributed by atoms with E-state index in [4.69, 9.17) is 9.47 Å². The van der Waals surface area contributed by atoms with Crippen LogP contribution in [0.3, 0.4) is 0 Å². The lowest BCUT2D eigenvalue weighted by Gasteiger charge is -2.32. The number of methoxy groups -OCH3 is 1. The van der Waals surface area contributed by atoms with Gasteiger partial charge in [0.25, 0.3) is 0 Å². The van der Waals surface area contributed by atoms with E-state index in [0.29, 0.717) is 0 Å². The molecule has 3 aromatic carbocycles. The zero-order chi connectivity index (χ0) is 23.2. The summed E-state index contributed by atoms with van der Waals surface area (Å²) in [7, 11) is 16.4. The Bertz CT molecular complexity index is 1090. The first-order valence-corrected chi connectivity index (χ1v) is 10.9. The molecule has 0 atom stereocenters. The molecule has 1 aliphatic rings. The van der Waals surface area contributed by atoms with Crippen LogP contribution in [0.25, 0.3) is 0 Å². The highest BCUT2D eigenvalue weighted by Gasteiger charge is 2.32. The van der Waals surface area contributed by atoms with Crippen molar-refractivity contribution < 1.29 is 9.47 Å². The van der Waals surface area contributed by atoms with Crippen LogP contribution in [0.1, 0.15) is 22.6 Å². The van der Waals surface area contributed by atoms with Crippen molar-refractivity contribution in [2.75, 3.05) is 66.2 Å². The second-order valence-corrected chi connectivity index (χ2v) is 9.71. The van der Waals surface area contributed by atoms with Crippen LogP contribution >= 0.6 is 0 Å². The van der Waals surface area contributed by atoms with Crippen LogP contribution in [0.2, 0.25) is 0 Å². The van der Waals surface area contributed by atoms with E-state index in [9.17, 15) is 0 Å². The Balaban J connectivity index is 1.94. The number of rotatable bonds is 5. The molecule has 0 N–H and O–H groups in total. The summed E-state index contributed by atoms with van der Waals surface area (Å²) in [4.78, 5) is 4.20. The average molecular weight is 433 g/mol. The van der Waals surface area contributed by atoms with Gasteiger partial charge in [-0.3, -0.25) is 4.48 Å². The third-order valence-corrected chi connectivity index (χ3v) is 6.17. The third-order valence-electron chi connectivity index (χ3n) is 6.17. The van der Waals surface area contributed by atoms with Gasteiger partial charge in [-0.15, -0.1) is 0 Å². The molecule has 5 nitrogen and oxygen atoms in total. The fraction of sp³-hybridized carbons (Fsp3) is 0.333. The van der Waals surface area contributed by atoms with E-state index in [2.05, 4.69) is 85.5 Å². The van der Waals surface area contributed by atoms with Gasteiger partial charge >= 0.3 is 0 Å². The first-order chi connectivity index (χ1) is 15.1. The lowest BCUT2D eigenvalue weighted by Crippen LogP contribution is -2.34. The normalized spacial score (nSPS) is 13.1. The van der Waals surface area contributed by atoms with Crippen molar-refractivity contribution in [1.29, 1.82) is 0 Å². The Morgan fingerprint density at radius 1 is 0.719 bits per heavy atom. The number of ether oxygens (including phenoxy) is 2. The van der Waals surface area contributed by atoms with Gasteiger partial charge in [-0.1, -0.05) is 12.1 Å². The minimum absolute atomic E-state index is 0.0256. The number of nitrogens with zero attached hydrogens (tertiary/aromatic N) is 3. The summed E-state index contributed by atoms with van der Waals surface area (Å²) in [6.07, 6.45) is 0. The smallest absolute Gasteiger partial charge is 0.135 e. The van der Waals surface area contributed by atoms with Crippen LogP contribution in [0, 0.1) is 0 Å². The van der Waals surface area contributed by atoms with Gasteiger partial charge in [0.1, 0.15) is 22.9 Å². The summed E-state index contributed by atoms with van der Waals surface area (Å²) in [6.45, 7) is 0. The summed E-state index contributed by atoms with van der Waals surface area (Å²) in [5, 5.41) is 0. The fourth-order valence-corrected chi connectivity index (χ4v) is 4.23. The van der Waals surface area contributed by atoms with E-state index in [1.807, 2.05) is 28.2 Å². The van der Waals surface area contributed by atoms with Crippen LogP contribution in [0.4, 0.5) is 17.1 Å². The van der Waals surface area contributed by atoms with E-state index in [0.717, 1.165) is 49.8 Å². The van der Waals surface area contributed by atoms with Gasteiger partial charge in [0, 0.05) is 80.4 Å². The van der Waals surface area contributed by atoms with Crippen molar-refractivity contribution in [3.8, 4) is 17.2 Å². The zero-order valence-electron chi connectivity index (χ0n) is 20.4. The van der Waals surface area contributed by atoms with Crippen LogP contribution < -0.4 is 23.8 Å². The molecule has 4 rings (SSSR count). The van der Waals surface area contributed by atoms with Gasteiger partial charge in [-0.25, -0.2) is 0 Å². The minimum atomic E-state index is 0.0256. The van der Waals surface area contributed by atoms with Gasteiger partial charge < -0.3 is 19.3 Å². The molecule has 0 aliphatic carbocycles. The molecule has 32 heavy (non-hydrogen) atoms. The monoisotopic (exact) mass is 432 g/mol. The maximum Gasteiger partial charge on any atom is 0.135 e. The van der Waals surface area contributed by atoms with Crippen molar-refractivity contribution in [1.82, 2.24) is 4.48 Å². The molecule has 1 heterocycles. The number of benzene rings is 3. The fourth-order valence-electron chi connectivity index (χ4n) is 4.23. The summed E-state index contributed by atoms with van der Waals surface area (Å²) >= 11 is 0. The summed E-state index contributed by atoms with van der Waals surface area (Å²) in [6, 6.07) is 19.5. The molecule has 0 fully saturated rings. The lowest BCUT2D eigenvalue weighted by molar-refractivity contribution is 0.402. The number of hydrogen-bond acceptors (Lipinski definition) is 4. The van der Waals surface area contributed by atoms with Crippen LogP contribution in [0.5, 0.6) is 17.2 Å². The number of hydrogen-bond donors (Lipinski definition) is 0. The standard InChI is InChI=1S/C27H34N3O2/c1-28(2)18-9-12-22-25(15-18)32-26-16-19(29(3)4)10-13-23(26)27(22)21-14-11-20(30(5,6)7)17-24(21)31-8/h9-17,27H,1-8H3/q+1. The van der Waals surface area contributed by atoms with Crippen LogP contribution in [-0.4, -0.2) is 56.4 Å². The lowest BCUT2D eigenvalue weighted by atomic mass is 9.81. The first-order valence-electron chi connectivity index (χ1n) is 10.9. The molecule has 0 spiro atoms. The molecular weight excluding hydrogens is 398 g/mol. The van der Waals surface area contributed by atoms with Crippen molar-refractivity contribution in [2.24, 2.45) is 0 Å². The van der Waals surface area contributed by atoms with E-state index in [1.165, 1.54) is 5.69 Å². The number of fused-ring (bicyclic) bond motifs is 2. The molecule has 0 saturated carbocycles. The van der Waals surface area contributed by atoms with Crippen molar-refractivity contribution in [3.63, 3.8) is 0 Å². The van der Waals surface area contributed by atoms with Crippen molar-refractivity contribution >= 4 is 17.1 Å². The van der Waals surface area contributed by atoms with Gasteiger partial charge in [-0.05, 0) is 24.3 Å². The minimum Gasteiger partial charge on any atom is -0.496 e. The predicted molar refractivity (Wildman–Crippen MR) is 135 cm³/mol. The van der Waals surface area contributed by atoms with E-state index >= 15 is 0 Å². The maximum atomic E-state index is 6.47. The highest BCUT2D eigenvalue weighted by molar-refractivity contribution is 5.67. The van der Waals surface area contributed by atoms with E-state index in [1.54, 1.807) is 7.11 Å². The summed E-state index contributed by atoms with van der Waals surface area (Å²) < 4.78 is 13.1. The second kappa shape index (κ2) is 8.06. The van der Waals surface area contributed by atoms with E-state index in [-0.39, 0.29) is 5.92 Å². The highest BCUT2D eigenvalue weighted by atomic mass is 16.5. The van der Waals surface area contributed by atoms with Crippen molar-refractivity contribution in [3.05, 3.63) is 71.3 Å². The zero-order valence-corrected chi connectivity index (χ0v) is 20.4. The average Bonchev–Trinajstić information content (AvgIpc) is 2.75. The molecule has 0 bridgehead atoms. The second-order valence-electron chi connectivity index (χ2n) is 9.71. The summed E-state index contributed by atoms with van der Waals surface area (Å²) in [5.74, 6) is 2.70. The number of quaternary nitrogens is 1. The molecule has 1 aliphatic heterocycles. The Morgan fingerprint density at radius 2 is 1.22 bits per heavy atom. The maximum absolute atomic E-state index is 6.47. The third kappa shape index (κ3) is 3.89. The van der Waals surface area contributed by atoms with Crippen LogP contribution in [-0.2, 0) is 0 Å². The van der Waals surface area contributed by atoms with Gasteiger partial charge in [0.05, 0.1) is 28.3 Å². The van der Waals surface area contributed by atoms with Gasteiger partial charge in [0.15, 0.2) is 0 Å². The van der Waals surface area contributed by atoms with Crippen LogP contribution in [0.15, 0.2) is 54.6 Å². The molecule has 0 amide bonds. The molecule has 0 aromatic heterocycles. The predicted octanol–water partition coefficient (Wildman–Crippen LogP) is 5.31. The molecule has 3 aromatic rings. The Morgan fingerprint density at radius 3 is 1.66 bits per heavy atom. The van der Waals surface area contributed by atoms with Gasteiger partial charge in [-0.2, -0.15) is 0 Å². The Kier molecular flexibility index (Phi) is 5.55.